The quantitative estimate of drug-likeness (QED) is 0.884. The lowest BCUT2D eigenvalue weighted by molar-refractivity contribution is -0.130. The van der Waals surface area contributed by atoms with Crippen LogP contribution in [0.4, 0.5) is 0 Å². The number of ether oxygens (including phenoxy) is 1. The molecule has 2 heterocycles. The molecule has 1 N–H and O–H groups in total. The molecule has 116 valence electrons. The summed E-state index contributed by atoms with van der Waals surface area (Å²) in [5.74, 6) is 0.982. The van der Waals surface area contributed by atoms with Gasteiger partial charge in [0.15, 0.2) is 0 Å². The SMILES string of the molecule is O=C(NCCc1nccn1Cc1ccccc1)[C@@H]1CCCO1. The van der Waals surface area contributed by atoms with Crippen LogP contribution in [0.1, 0.15) is 24.2 Å². The van der Waals surface area contributed by atoms with E-state index in [9.17, 15) is 4.79 Å². The van der Waals surface area contributed by atoms with Crippen molar-refractivity contribution in [1.82, 2.24) is 14.9 Å². The molecule has 1 amide bonds. The highest BCUT2D eigenvalue weighted by Gasteiger charge is 2.22. The highest BCUT2D eigenvalue weighted by molar-refractivity contribution is 5.80. The number of carbonyl (C=O) groups is 1. The summed E-state index contributed by atoms with van der Waals surface area (Å²) in [6, 6.07) is 10.3. The fourth-order valence-corrected chi connectivity index (χ4v) is 2.69. The van der Waals surface area contributed by atoms with Crippen molar-refractivity contribution in [1.29, 1.82) is 0 Å². The minimum atomic E-state index is -0.260. The molecule has 1 aromatic carbocycles. The molecule has 0 unspecified atom stereocenters. The third-order valence-electron chi connectivity index (χ3n) is 3.87. The molecule has 1 atom stereocenters. The molecule has 2 aromatic rings. The van der Waals surface area contributed by atoms with E-state index in [1.54, 1.807) is 6.20 Å². The predicted molar refractivity (Wildman–Crippen MR) is 83.5 cm³/mol. The van der Waals surface area contributed by atoms with Gasteiger partial charge in [-0.1, -0.05) is 30.3 Å². The number of imidazole rings is 1. The van der Waals surface area contributed by atoms with E-state index in [1.807, 2.05) is 24.4 Å². The summed E-state index contributed by atoms with van der Waals surface area (Å²) in [6.45, 7) is 2.08. The summed E-state index contributed by atoms with van der Waals surface area (Å²) in [6.07, 6.45) is 6.04. The number of amides is 1. The van der Waals surface area contributed by atoms with Crippen LogP contribution in [0.25, 0.3) is 0 Å². The van der Waals surface area contributed by atoms with E-state index >= 15 is 0 Å². The molecule has 0 aliphatic carbocycles. The van der Waals surface area contributed by atoms with E-state index in [1.165, 1.54) is 5.56 Å². The Morgan fingerprint density at radius 3 is 3.00 bits per heavy atom. The molecular weight excluding hydrogens is 278 g/mol. The highest BCUT2D eigenvalue weighted by Crippen LogP contribution is 2.11. The highest BCUT2D eigenvalue weighted by atomic mass is 16.5. The first kappa shape index (κ1) is 14.8. The Bertz CT molecular complexity index is 603. The lowest BCUT2D eigenvalue weighted by atomic mass is 10.2. The normalized spacial score (nSPS) is 17.5. The first-order valence-corrected chi connectivity index (χ1v) is 7.76. The van der Waals surface area contributed by atoms with Gasteiger partial charge in [0, 0.05) is 38.5 Å². The average Bonchev–Trinajstić information content (AvgIpc) is 3.20. The van der Waals surface area contributed by atoms with Gasteiger partial charge in [-0.3, -0.25) is 4.79 Å². The van der Waals surface area contributed by atoms with Crippen LogP contribution in [0.2, 0.25) is 0 Å². The van der Waals surface area contributed by atoms with E-state index < -0.39 is 0 Å². The zero-order chi connectivity index (χ0) is 15.2. The third kappa shape index (κ3) is 3.74. The Hall–Kier alpha value is -2.14. The van der Waals surface area contributed by atoms with Crippen molar-refractivity contribution in [2.24, 2.45) is 0 Å². The smallest absolute Gasteiger partial charge is 0.249 e. The lowest BCUT2D eigenvalue weighted by Crippen LogP contribution is -2.35. The van der Waals surface area contributed by atoms with Crippen LogP contribution in [-0.4, -0.2) is 34.7 Å². The van der Waals surface area contributed by atoms with Crippen LogP contribution in [0.15, 0.2) is 42.7 Å². The minimum Gasteiger partial charge on any atom is -0.368 e. The Kier molecular flexibility index (Phi) is 4.85. The monoisotopic (exact) mass is 299 g/mol. The number of nitrogens with zero attached hydrogens (tertiary/aromatic N) is 2. The first-order chi connectivity index (χ1) is 10.8. The van der Waals surface area contributed by atoms with Crippen LogP contribution >= 0.6 is 0 Å². The zero-order valence-corrected chi connectivity index (χ0v) is 12.6. The van der Waals surface area contributed by atoms with Crippen molar-refractivity contribution in [3.8, 4) is 0 Å². The second-order valence-corrected chi connectivity index (χ2v) is 5.50. The van der Waals surface area contributed by atoms with Gasteiger partial charge in [-0.2, -0.15) is 0 Å². The Morgan fingerprint density at radius 2 is 2.23 bits per heavy atom. The summed E-state index contributed by atoms with van der Waals surface area (Å²) in [4.78, 5) is 16.3. The fraction of sp³-hybridized carbons (Fsp3) is 0.412. The summed E-state index contributed by atoms with van der Waals surface area (Å²) in [5, 5.41) is 2.94. The van der Waals surface area contributed by atoms with Crippen molar-refractivity contribution in [2.45, 2.75) is 31.9 Å². The van der Waals surface area contributed by atoms with Crippen molar-refractivity contribution in [2.75, 3.05) is 13.2 Å². The van der Waals surface area contributed by atoms with E-state index in [0.29, 0.717) is 13.2 Å². The second-order valence-electron chi connectivity index (χ2n) is 5.50. The van der Waals surface area contributed by atoms with E-state index in [-0.39, 0.29) is 12.0 Å². The van der Waals surface area contributed by atoms with Crippen molar-refractivity contribution in [3.63, 3.8) is 0 Å². The van der Waals surface area contributed by atoms with Gasteiger partial charge in [-0.25, -0.2) is 4.98 Å². The molecule has 1 fully saturated rings. The molecule has 5 heteroatoms. The van der Waals surface area contributed by atoms with Crippen LogP contribution < -0.4 is 5.32 Å². The van der Waals surface area contributed by atoms with Crippen molar-refractivity contribution in [3.05, 3.63) is 54.1 Å². The van der Waals surface area contributed by atoms with Gasteiger partial charge in [-0.15, -0.1) is 0 Å². The van der Waals surface area contributed by atoms with E-state index in [4.69, 9.17) is 4.74 Å². The predicted octanol–water partition coefficient (Wildman–Crippen LogP) is 1.77. The molecule has 1 aromatic heterocycles. The molecule has 0 radical (unpaired) electrons. The van der Waals surface area contributed by atoms with Crippen LogP contribution in [0.5, 0.6) is 0 Å². The standard InChI is InChI=1S/C17H21N3O2/c21-17(15-7-4-12-22-15)19-9-8-16-18-10-11-20(16)13-14-5-2-1-3-6-14/h1-3,5-6,10-11,15H,4,7-9,12-13H2,(H,19,21)/t15-/m0/s1. The molecule has 0 spiro atoms. The van der Waals surface area contributed by atoms with E-state index in [2.05, 4.69) is 27.0 Å². The van der Waals surface area contributed by atoms with Crippen LogP contribution in [-0.2, 0) is 22.5 Å². The van der Waals surface area contributed by atoms with Crippen molar-refractivity contribution < 1.29 is 9.53 Å². The zero-order valence-electron chi connectivity index (χ0n) is 12.6. The largest absolute Gasteiger partial charge is 0.368 e. The fourth-order valence-electron chi connectivity index (χ4n) is 2.69. The van der Waals surface area contributed by atoms with Gasteiger partial charge >= 0.3 is 0 Å². The number of hydrogen-bond acceptors (Lipinski definition) is 3. The van der Waals surface area contributed by atoms with Gasteiger partial charge in [-0.05, 0) is 18.4 Å². The maximum absolute atomic E-state index is 11.9. The molecule has 3 rings (SSSR count). The molecule has 0 saturated carbocycles. The maximum atomic E-state index is 11.9. The number of hydrogen-bond donors (Lipinski definition) is 1. The topological polar surface area (TPSA) is 56.2 Å². The molecule has 5 nitrogen and oxygen atoms in total. The Labute approximate surface area is 130 Å². The molecule has 22 heavy (non-hydrogen) atoms. The van der Waals surface area contributed by atoms with Gasteiger partial charge in [0.25, 0.3) is 0 Å². The van der Waals surface area contributed by atoms with Gasteiger partial charge < -0.3 is 14.6 Å². The number of aromatic nitrogens is 2. The average molecular weight is 299 g/mol. The number of benzene rings is 1. The lowest BCUT2D eigenvalue weighted by Gasteiger charge is -2.11. The van der Waals surface area contributed by atoms with E-state index in [0.717, 1.165) is 31.6 Å². The minimum absolute atomic E-state index is 0.00124. The molecule has 1 aliphatic heterocycles. The summed E-state index contributed by atoms with van der Waals surface area (Å²) in [5.41, 5.74) is 1.24. The number of nitrogens with one attached hydrogen (secondary N) is 1. The molecule has 0 bridgehead atoms. The second kappa shape index (κ2) is 7.22. The summed E-state index contributed by atoms with van der Waals surface area (Å²) in [7, 11) is 0. The molecular formula is C17H21N3O2. The summed E-state index contributed by atoms with van der Waals surface area (Å²) >= 11 is 0. The first-order valence-electron chi connectivity index (χ1n) is 7.76. The molecule has 1 aliphatic rings. The Balaban J connectivity index is 1.51. The van der Waals surface area contributed by atoms with Gasteiger partial charge in [0.1, 0.15) is 11.9 Å². The van der Waals surface area contributed by atoms with Gasteiger partial charge in [0.05, 0.1) is 0 Å². The third-order valence-corrected chi connectivity index (χ3v) is 3.87. The summed E-state index contributed by atoms with van der Waals surface area (Å²) < 4.78 is 7.49. The van der Waals surface area contributed by atoms with Crippen LogP contribution in [0.3, 0.4) is 0 Å². The number of carbonyl (C=O) groups excluding carboxylic acids is 1. The van der Waals surface area contributed by atoms with Gasteiger partial charge in [0.2, 0.25) is 5.91 Å². The van der Waals surface area contributed by atoms with Crippen molar-refractivity contribution >= 4 is 5.91 Å². The maximum Gasteiger partial charge on any atom is 0.249 e. The van der Waals surface area contributed by atoms with Crippen LogP contribution in [0, 0.1) is 0 Å². The Morgan fingerprint density at radius 1 is 1.36 bits per heavy atom. The number of rotatable bonds is 6. The molecule has 1 saturated heterocycles.